The van der Waals surface area contributed by atoms with Crippen LogP contribution in [0, 0.1) is 13.8 Å². The van der Waals surface area contributed by atoms with Gasteiger partial charge in [0.15, 0.2) is 0 Å². The fourth-order valence-electron chi connectivity index (χ4n) is 4.32. The van der Waals surface area contributed by atoms with Crippen molar-refractivity contribution in [1.82, 2.24) is 10.2 Å². The maximum atomic E-state index is 14.2. The summed E-state index contributed by atoms with van der Waals surface area (Å²) < 4.78 is 29.0. The first-order valence-corrected chi connectivity index (χ1v) is 15.8. The molecule has 3 aromatic rings. The zero-order valence-electron chi connectivity index (χ0n) is 24.0. The van der Waals surface area contributed by atoms with E-state index in [-0.39, 0.29) is 23.4 Å². The van der Waals surface area contributed by atoms with Crippen LogP contribution in [0.5, 0.6) is 0 Å². The van der Waals surface area contributed by atoms with Crippen molar-refractivity contribution in [2.75, 3.05) is 10.8 Å². The normalized spacial score (nSPS) is 12.9. The number of nitrogens with one attached hydrogen (secondary N) is 1. The van der Waals surface area contributed by atoms with E-state index in [1.807, 2.05) is 40.7 Å². The van der Waals surface area contributed by atoms with Crippen molar-refractivity contribution >= 4 is 50.7 Å². The quantitative estimate of drug-likeness (QED) is 0.250. The Morgan fingerprint density at radius 3 is 2.15 bits per heavy atom. The number of anilines is 1. The van der Waals surface area contributed by atoms with Crippen molar-refractivity contribution in [3.8, 4) is 0 Å². The summed E-state index contributed by atoms with van der Waals surface area (Å²) in [6.45, 7) is 9.02. The third kappa shape index (κ3) is 8.03. The second kappa shape index (κ2) is 14.2. The summed E-state index contributed by atoms with van der Waals surface area (Å²) in [5.41, 5.74) is 2.89. The molecule has 3 rings (SSSR count). The average molecular weight is 619 g/mol. The second-order valence-electron chi connectivity index (χ2n) is 10.1. The number of nitrogens with zero attached hydrogens (tertiary/aromatic N) is 2. The van der Waals surface area contributed by atoms with Gasteiger partial charge in [-0.05, 0) is 86.7 Å². The van der Waals surface area contributed by atoms with Crippen LogP contribution in [0.15, 0.2) is 71.6 Å². The van der Waals surface area contributed by atoms with Crippen molar-refractivity contribution in [2.45, 2.75) is 71.0 Å². The standard InChI is InChI=1S/C31H37Cl2N3O4S/c1-6-23(5)34-31(38)29(7-2)35(19-24-14-16-27(32)28(33)18-24)30(37)20-36(25-15-13-21(3)22(4)17-25)41(39,40)26-11-9-8-10-12-26/h8-18,23,29H,6-7,19-20H2,1-5H3,(H,34,38). The first-order chi connectivity index (χ1) is 19.4. The number of hydrogen-bond acceptors (Lipinski definition) is 4. The molecule has 2 amide bonds. The molecule has 0 radical (unpaired) electrons. The van der Waals surface area contributed by atoms with Crippen LogP contribution in [0.3, 0.4) is 0 Å². The van der Waals surface area contributed by atoms with Crippen molar-refractivity contribution < 1.29 is 18.0 Å². The predicted octanol–water partition coefficient (Wildman–Crippen LogP) is 6.53. The number of aryl methyl sites for hydroxylation is 2. The third-order valence-corrected chi connectivity index (χ3v) is 9.64. The lowest BCUT2D eigenvalue weighted by Crippen LogP contribution is -2.53. The zero-order valence-corrected chi connectivity index (χ0v) is 26.4. The number of halogens is 2. The molecule has 10 heteroatoms. The van der Waals surface area contributed by atoms with Crippen molar-refractivity contribution in [1.29, 1.82) is 0 Å². The third-order valence-electron chi connectivity index (χ3n) is 7.11. The van der Waals surface area contributed by atoms with Gasteiger partial charge in [0.1, 0.15) is 12.6 Å². The summed E-state index contributed by atoms with van der Waals surface area (Å²) >= 11 is 12.4. The molecule has 41 heavy (non-hydrogen) atoms. The summed E-state index contributed by atoms with van der Waals surface area (Å²) in [4.78, 5) is 29.0. The molecule has 2 atom stereocenters. The van der Waals surface area contributed by atoms with Crippen molar-refractivity contribution in [2.24, 2.45) is 0 Å². The topological polar surface area (TPSA) is 86.8 Å². The molecule has 3 aromatic carbocycles. The van der Waals surface area contributed by atoms with Crippen LogP contribution in [-0.2, 0) is 26.2 Å². The van der Waals surface area contributed by atoms with E-state index in [1.165, 1.54) is 17.0 Å². The molecule has 0 aromatic heterocycles. The Bertz CT molecular complexity index is 1480. The lowest BCUT2D eigenvalue weighted by Gasteiger charge is -2.34. The Morgan fingerprint density at radius 2 is 1.56 bits per heavy atom. The van der Waals surface area contributed by atoms with Crippen LogP contribution in [0.25, 0.3) is 0 Å². The molecule has 1 N–H and O–H groups in total. The van der Waals surface area contributed by atoms with Gasteiger partial charge in [0.05, 0.1) is 20.6 Å². The van der Waals surface area contributed by atoms with Crippen LogP contribution in [0.4, 0.5) is 5.69 Å². The minimum Gasteiger partial charge on any atom is -0.352 e. The monoisotopic (exact) mass is 617 g/mol. The minimum atomic E-state index is -4.13. The Labute approximate surface area is 253 Å². The fraction of sp³-hybridized carbons (Fsp3) is 0.355. The van der Waals surface area contributed by atoms with Crippen molar-refractivity contribution in [3.63, 3.8) is 0 Å². The highest BCUT2D eigenvalue weighted by molar-refractivity contribution is 7.92. The highest BCUT2D eigenvalue weighted by atomic mass is 35.5. The molecule has 7 nitrogen and oxygen atoms in total. The highest BCUT2D eigenvalue weighted by Gasteiger charge is 2.34. The van der Waals surface area contributed by atoms with Gasteiger partial charge in [0, 0.05) is 12.6 Å². The van der Waals surface area contributed by atoms with E-state index < -0.39 is 28.5 Å². The Morgan fingerprint density at radius 1 is 0.878 bits per heavy atom. The molecule has 0 heterocycles. The molecule has 0 spiro atoms. The summed E-state index contributed by atoms with van der Waals surface area (Å²) in [6.07, 6.45) is 1.04. The first-order valence-electron chi connectivity index (χ1n) is 13.6. The van der Waals surface area contributed by atoms with Crippen molar-refractivity contribution in [3.05, 3.63) is 93.5 Å². The maximum Gasteiger partial charge on any atom is 0.264 e. The first kappa shape index (κ1) is 32.4. The lowest BCUT2D eigenvalue weighted by molar-refractivity contribution is -0.140. The summed E-state index contributed by atoms with van der Waals surface area (Å²) in [5.74, 6) is -0.834. The number of carbonyl (C=O) groups is 2. The Kier molecular flexibility index (Phi) is 11.2. The molecule has 0 bridgehead atoms. The number of hydrogen-bond donors (Lipinski definition) is 1. The largest absolute Gasteiger partial charge is 0.352 e. The van der Waals surface area contributed by atoms with E-state index in [0.29, 0.717) is 27.7 Å². The Balaban J connectivity index is 2.09. The predicted molar refractivity (Wildman–Crippen MR) is 166 cm³/mol. The van der Waals surface area contributed by atoms with Gasteiger partial charge in [-0.1, -0.05) is 67.4 Å². The number of benzene rings is 3. The van der Waals surface area contributed by atoms with E-state index in [0.717, 1.165) is 21.9 Å². The summed E-state index contributed by atoms with van der Waals surface area (Å²) in [6, 6.07) is 17.3. The van der Waals surface area contributed by atoms with Crippen LogP contribution in [-0.4, -0.2) is 43.8 Å². The van der Waals surface area contributed by atoms with E-state index in [2.05, 4.69) is 5.32 Å². The van der Waals surface area contributed by atoms with Gasteiger partial charge >= 0.3 is 0 Å². The van der Waals surface area contributed by atoms with Crippen LogP contribution in [0.1, 0.15) is 50.3 Å². The molecule has 220 valence electrons. The van der Waals surface area contributed by atoms with Gasteiger partial charge in [-0.25, -0.2) is 8.42 Å². The Hall–Kier alpha value is -3.07. The summed E-state index contributed by atoms with van der Waals surface area (Å²) in [7, 11) is -4.13. The molecule has 0 aliphatic heterocycles. The molecule has 0 saturated carbocycles. The zero-order chi connectivity index (χ0) is 30.3. The van der Waals surface area contributed by atoms with Gasteiger partial charge in [-0.3, -0.25) is 13.9 Å². The summed E-state index contributed by atoms with van der Waals surface area (Å²) in [5, 5.41) is 3.65. The van der Waals surface area contributed by atoms with Crippen LogP contribution < -0.4 is 9.62 Å². The van der Waals surface area contributed by atoms with E-state index in [9.17, 15) is 18.0 Å². The fourth-order valence-corrected chi connectivity index (χ4v) is 6.07. The number of rotatable bonds is 12. The minimum absolute atomic E-state index is 0.0360. The maximum absolute atomic E-state index is 14.2. The SMILES string of the molecule is CCC(C)NC(=O)C(CC)N(Cc1ccc(Cl)c(Cl)c1)C(=O)CN(c1ccc(C)c(C)c1)S(=O)(=O)c1ccccc1. The molecule has 0 saturated heterocycles. The van der Waals surface area contributed by atoms with Gasteiger partial charge in [-0.2, -0.15) is 0 Å². The average Bonchev–Trinajstić information content (AvgIpc) is 2.95. The molecular weight excluding hydrogens is 581 g/mol. The van der Waals surface area contributed by atoms with Gasteiger partial charge < -0.3 is 10.2 Å². The molecule has 0 fully saturated rings. The van der Waals surface area contributed by atoms with E-state index in [4.69, 9.17) is 23.2 Å². The highest BCUT2D eigenvalue weighted by Crippen LogP contribution is 2.28. The lowest BCUT2D eigenvalue weighted by atomic mass is 10.1. The second-order valence-corrected chi connectivity index (χ2v) is 12.8. The number of carbonyl (C=O) groups excluding carboxylic acids is 2. The number of amides is 2. The van der Waals surface area contributed by atoms with Gasteiger partial charge in [0.2, 0.25) is 11.8 Å². The van der Waals surface area contributed by atoms with Crippen LogP contribution >= 0.6 is 23.2 Å². The molecule has 0 aliphatic rings. The molecule has 0 aliphatic carbocycles. The van der Waals surface area contributed by atoms with E-state index >= 15 is 0 Å². The van der Waals surface area contributed by atoms with Gasteiger partial charge in [0.25, 0.3) is 10.0 Å². The molecule has 2 unspecified atom stereocenters. The molecular formula is C31H37Cl2N3O4S. The van der Waals surface area contributed by atoms with Crippen LogP contribution in [0.2, 0.25) is 10.0 Å². The smallest absolute Gasteiger partial charge is 0.264 e. The number of sulfonamides is 1. The van der Waals surface area contributed by atoms with E-state index in [1.54, 1.807) is 48.5 Å². The van der Waals surface area contributed by atoms with Gasteiger partial charge in [-0.15, -0.1) is 0 Å².